The molecule has 1 aromatic heterocycles. The van der Waals surface area contributed by atoms with Crippen LogP contribution in [0.2, 0.25) is 0 Å². The number of nitrogens with one attached hydrogen (secondary N) is 1. The first-order chi connectivity index (χ1) is 16.5. The van der Waals surface area contributed by atoms with Gasteiger partial charge in [0.1, 0.15) is 11.4 Å². The maximum Gasteiger partial charge on any atom is 0.303 e. The molecule has 0 bridgehead atoms. The lowest BCUT2D eigenvalue weighted by Crippen LogP contribution is -2.24. The number of nitriles is 1. The summed E-state index contributed by atoms with van der Waals surface area (Å²) in [5.41, 5.74) is 5.77. The summed E-state index contributed by atoms with van der Waals surface area (Å²) in [5.74, 6) is 0.606. The van der Waals surface area contributed by atoms with Crippen LogP contribution in [0.1, 0.15) is 42.4 Å². The monoisotopic (exact) mass is 457 g/mol. The van der Waals surface area contributed by atoms with Crippen molar-refractivity contribution in [2.75, 3.05) is 18.5 Å². The molecule has 0 amide bonds. The number of carbonyl (C=O) groups is 1. The number of hydrogen-bond acceptors (Lipinski definition) is 6. The summed E-state index contributed by atoms with van der Waals surface area (Å²) in [6, 6.07) is 14.1. The molecule has 0 radical (unpaired) electrons. The Labute approximate surface area is 198 Å². The van der Waals surface area contributed by atoms with Crippen molar-refractivity contribution in [2.45, 2.75) is 37.5 Å². The molecule has 8 heteroatoms. The molecule has 5 rings (SSSR count). The van der Waals surface area contributed by atoms with E-state index >= 15 is 0 Å². The van der Waals surface area contributed by atoms with Crippen LogP contribution in [0.4, 0.5) is 5.69 Å². The number of carboxylic acids is 1. The standard InChI is InChI=1S/C26H27N5O3/c1-31-16-23(29-30-31)19-7-8-24-21(12-19)26(9-10-34-24)13-20(26)15-28-22-11-17(14-27)5-6-18(22)3-2-4-25(32)33/h5-8,11-12,16,20,28H,2-4,9-10,13,15H2,1H3,(H,32,33)/t20-,26+/m0/s1. The van der Waals surface area contributed by atoms with Crippen molar-refractivity contribution >= 4 is 11.7 Å². The highest BCUT2D eigenvalue weighted by molar-refractivity contribution is 5.67. The van der Waals surface area contributed by atoms with Crippen molar-refractivity contribution in [3.63, 3.8) is 0 Å². The summed E-state index contributed by atoms with van der Waals surface area (Å²) in [5, 5.41) is 30.2. The number of aromatic nitrogens is 3. The van der Waals surface area contributed by atoms with Crippen LogP contribution in [0, 0.1) is 17.2 Å². The van der Waals surface area contributed by atoms with Gasteiger partial charge in [0.15, 0.2) is 0 Å². The molecule has 2 aliphatic rings. The summed E-state index contributed by atoms with van der Waals surface area (Å²) < 4.78 is 7.68. The zero-order chi connectivity index (χ0) is 23.7. The SMILES string of the molecule is Cn1cc(-c2ccc3c(c2)[C@]2(CCO3)C[C@H]2CNc2cc(C#N)ccc2CCCC(=O)O)nn1. The Hall–Kier alpha value is -3.86. The molecule has 1 saturated carbocycles. The van der Waals surface area contributed by atoms with Crippen LogP contribution in [-0.2, 0) is 23.7 Å². The molecular formula is C26H27N5O3. The van der Waals surface area contributed by atoms with Gasteiger partial charge in [0.05, 0.1) is 24.4 Å². The van der Waals surface area contributed by atoms with E-state index in [1.54, 1.807) is 10.7 Å². The lowest BCUT2D eigenvalue weighted by atomic mass is 9.86. The third-order valence-electron chi connectivity index (χ3n) is 7.07. The number of nitrogens with zero attached hydrogens (tertiary/aromatic N) is 4. The quantitative estimate of drug-likeness (QED) is 0.527. The largest absolute Gasteiger partial charge is 0.493 e. The zero-order valence-corrected chi connectivity index (χ0v) is 19.1. The van der Waals surface area contributed by atoms with Crippen molar-refractivity contribution < 1.29 is 14.6 Å². The minimum atomic E-state index is -0.790. The third-order valence-corrected chi connectivity index (χ3v) is 7.07. The number of carboxylic acid groups (broad SMARTS) is 1. The van der Waals surface area contributed by atoms with E-state index in [0.717, 1.165) is 47.6 Å². The fourth-order valence-corrected chi connectivity index (χ4v) is 5.14. The Morgan fingerprint density at radius 2 is 2.24 bits per heavy atom. The lowest BCUT2D eigenvalue weighted by Gasteiger charge is -2.28. The fourth-order valence-electron chi connectivity index (χ4n) is 5.14. The second-order valence-corrected chi connectivity index (χ2v) is 9.26. The van der Waals surface area contributed by atoms with E-state index in [1.165, 1.54) is 5.56 Å². The molecular weight excluding hydrogens is 430 g/mol. The Morgan fingerprint density at radius 3 is 3.00 bits per heavy atom. The smallest absolute Gasteiger partial charge is 0.303 e. The van der Waals surface area contributed by atoms with Crippen molar-refractivity contribution in [1.82, 2.24) is 15.0 Å². The molecule has 174 valence electrons. The van der Waals surface area contributed by atoms with Crippen molar-refractivity contribution in [1.29, 1.82) is 5.26 Å². The molecule has 1 fully saturated rings. The second-order valence-electron chi connectivity index (χ2n) is 9.26. The number of benzene rings is 2. The number of anilines is 1. The number of ether oxygens (including phenoxy) is 1. The first-order valence-electron chi connectivity index (χ1n) is 11.6. The predicted molar refractivity (Wildman–Crippen MR) is 127 cm³/mol. The maximum absolute atomic E-state index is 10.9. The van der Waals surface area contributed by atoms with Crippen LogP contribution in [0.25, 0.3) is 11.3 Å². The average molecular weight is 458 g/mol. The van der Waals surface area contributed by atoms with Gasteiger partial charge in [-0.25, -0.2) is 0 Å². The van der Waals surface area contributed by atoms with Crippen LogP contribution in [0.5, 0.6) is 5.75 Å². The highest BCUT2D eigenvalue weighted by Crippen LogP contribution is 2.61. The molecule has 1 aliphatic heterocycles. The first kappa shape index (κ1) is 22.0. The maximum atomic E-state index is 10.9. The Bertz CT molecular complexity index is 1280. The van der Waals surface area contributed by atoms with E-state index in [1.807, 2.05) is 37.5 Å². The fraction of sp³-hybridized carbons (Fsp3) is 0.385. The molecule has 1 aliphatic carbocycles. The number of hydrogen-bond donors (Lipinski definition) is 2. The Balaban J connectivity index is 1.33. The molecule has 1 spiro atoms. The van der Waals surface area contributed by atoms with Gasteiger partial charge in [0.2, 0.25) is 0 Å². The van der Waals surface area contributed by atoms with Crippen LogP contribution in [0.15, 0.2) is 42.6 Å². The minimum Gasteiger partial charge on any atom is -0.493 e. The van der Waals surface area contributed by atoms with Gasteiger partial charge in [-0.2, -0.15) is 5.26 Å². The minimum absolute atomic E-state index is 0.0785. The van der Waals surface area contributed by atoms with Gasteiger partial charge >= 0.3 is 5.97 Å². The molecule has 2 N–H and O–H groups in total. The number of rotatable bonds is 8. The van der Waals surface area contributed by atoms with E-state index in [9.17, 15) is 10.1 Å². The topological polar surface area (TPSA) is 113 Å². The normalized spacial score (nSPS) is 20.3. The number of aryl methyl sites for hydroxylation is 2. The van der Waals surface area contributed by atoms with E-state index in [-0.39, 0.29) is 11.8 Å². The Morgan fingerprint density at radius 1 is 1.35 bits per heavy atom. The van der Waals surface area contributed by atoms with E-state index < -0.39 is 5.97 Å². The van der Waals surface area contributed by atoms with Gasteiger partial charge in [-0.1, -0.05) is 11.3 Å². The highest BCUT2D eigenvalue weighted by Gasteiger charge is 2.57. The molecule has 2 atom stereocenters. The molecule has 0 saturated heterocycles. The van der Waals surface area contributed by atoms with Gasteiger partial charge in [-0.15, -0.1) is 5.10 Å². The van der Waals surface area contributed by atoms with Crippen LogP contribution in [0.3, 0.4) is 0 Å². The second kappa shape index (κ2) is 8.82. The van der Waals surface area contributed by atoms with Gasteiger partial charge in [-0.3, -0.25) is 9.48 Å². The summed E-state index contributed by atoms with van der Waals surface area (Å²) >= 11 is 0. The molecule has 34 heavy (non-hydrogen) atoms. The molecule has 8 nitrogen and oxygen atoms in total. The van der Waals surface area contributed by atoms with Gasteiger partial charge in [0.25, 0.3) is 0 Å². The lowest BCUT2D eigenvalue weighted by molar-refractivity contribution is -0.137. The summed E-state index contributed by atoms with van der Waals surface area (Å²) in [6.07, 6.45) is 5.33. The summed E-state index contributed by atoms with van der Waals surface area (Å²) in [7, 11) is 1.86. The first-order valence-corrected chi connectivity index (χ1v) is 11.6. The predicted octanol–water partition coefficient (Wildman–Crippen LogP) is 3.91. The van der Waals surface area contributed by atoms with Gasteiger partial charge in [-0.05, 0) is 67.5 Å². The number of fused-ring (bicyclic) bond motifs is 2. The number of aliphatic carboxylic acids is 1. The molecule has 0 unspecified atom stereocenters. The van der Waals surface area contributed by atoms with Crippen molar-refractivity contribution in [3.8, 4) is 23.1 Å². The van der Waals surface area contributed by atoms with E-state index in [0.29, 0.717) is 30.9 Å². The zero-order valence-electron chi connectivity index (χ0n) is 19.1. The highest BCUT2D eigenvalue weighted by atomic mass is 16.5. The molecule has 2 aromatic carbocycles. The summed E-state index contributed by atoms with van der Waals surface area (Å²) in [6.45, 7) is 1.49. The van der Waals surface area contributed by atoms with Gasteiger partial charge in [0, 0.05) is 42.2 Å². The Kier molecular flexibility index (Phi) is 5.70. The average Bonchev–Trinajstić information content (AvgIpc) is 3.34. The molecule has 2 heterocycles. The van der Waals surface area contributed by atoms with Gasteiger partial charge < -0.3 is 15.2 Å². The van der Waals surface area contributed by atoms with E-state index in [4.69, 9.17) is 9.84 Å². The van der Waals surface area contributed by atoms with Crippen LogP contribution in [-0.4, -0.2) is 39.2 Å². The van der Waals surface area contributed by atoms with E-state index in [2.05, 4.69) is 27.8 Å². The summed E-state index contributed by atoms with van der Waals surface area (Å²) in [4.78, 5) is 10.9. The third kappa shape index (κ3) is 4.21. The van der Waals surface area contributed by atoms with Crippen LogP contribution < -0.4 is 10.1 Å². The van der Waals surface area contributed by atoms with Crippen LogP contribution >= 0.6 is 0 Å². The van der Waals surface area contributed by atoms with Crippen molar-refractivity contribution in [2.24, 2.45) is 13.0 Å². The van der Waals surface area contributed by atoms with Crippen molar-refractivity contribution in [3.05, 3.63) is 59.3 Å². The molecule has 3 aromatic rings.